The number of para-hydroxylation sites is 1. The van der Waals surface area contributed by atoms with Crippen LogP contribution in [0.3, 0.4) is 0 Å². The zero-order valence-electron chi connectivity index (χ0n) is 19.3. The second-order valence-electron chi connectivity index (χ2n) is 8.98. The Morgan fingerprint density at radius 1 is 1.12 bits per heavy atom. The van der Waals surface area contributed by atoms with Gasteiger partial charge in [-0.15, -0.1) is 0 Å². The number of aryl methyl sites for hydroxylation is 1. The summed E-state index contributed by atoms with van der Waals surface area (Å²) in [6.07, 6.45) is 1.69. The molecule has 6 nitrogen and oxygen atoms in total. The van der Waals surface area contributed by atoms with Crippen LogP contribution < -0.4 is 10.6 Å². The van der Waals surface area contributed by atoms with Crippen LogP contribution in [0.4, 0.5) is 15.8 Å². The van der Waals surface area contributed by atoms with Gasteiger partial charge in [0.25, 0.3) is 5.91 Å². The van der Waals surface area contributed by atoms with Gasteiger partial charge in [0, 0.05) is 29.2 Å². The highest BCUT2D eigenvalue weighted by Gasteiger charge is 2.30. The van der Waals surface area contributed by atoms with E-state index in [1.807, 2.05) is 61.5 Å². The molecule has 3 aromatic carbocycles. The molecule has 2 heterocycles. The van der Waals surface area contributed by atoms with Crippen LogP contribution in [-0.4, -0.2) is 40.6 Å². The molecular formula is C27H28FN5O. The van der Waals surface area contributed by atoms with Crippen molar-refractivity contribution in [1.29, 1.82) is 0 Å². The first kappa shape index (κ1) is 22.1. The molecule has 1 fully saturated rings. The van der Waals surface area contributed by atoms with E-state index in [0.29, 0.717) is 11.3 Å². The molecule has 2 unspecified atom stereocenters. The lowest BCUT2D eigenvalue weighted by Gasteiger charge is -2.37. The Balaban J connectivity index is 1.35. The number of fused-ring (bicyclic) bond motifs is 1. The lowest BCUT2D eigenvalue weighted by molar-refractivity contribution is 0.0887. The number of aromatic nitrogens is 2. The van der Waals surface area contributed by atoms with Gasteiger partial charge < -0.3 is 10.6 Å². The van der Waals surface area contributed by atoms with Crippen LogP contribution in [0.25, 0.3) is 10.9 Å². The molecule has 34 heavy (non-hydrogen) atoms. The number of nitrogens with one attached hydrogen (secondary N) is 3. The van der Waals surface area contributed by atoms with E-state index in [1.54, 1.807) is 6.07 Å². The predicted molar refractivity (Wildman–Crippen MR) is 133 cm³/mol. The molecule has 2 atom stereocenters. The molecule has 5 rings (SSSR count). The molecule has 174 valence electrons. The lowest BCUT2D eigenvalue weighted by Crippen LogP contribution is -2.45. The smallest absolute Gasteiger partial charge is 0.251 e. The summed E-state index contributed by atoms with van der Waals surface area (Å²) in [4.78, 5) is 15.0. The highest BCUT2D eigenvalue weighted by molar-refractivity contribution is 5.94. The first-order valence-corrected chi connectivity index (χ1v) is 11.6. The van der Waals surface area contributed by atoms with Crippen molar-refractivity contribution in [2.24, 2.45) is 0 Å². The maximum absolute atomic E-state index is 14.3. The number of carbonyl (C=O) groups is 1. The molecular weight excluding hydrogens is 429 g/mol. The molecule has 0 aliphatic carbocycles. The van der Waals surface area contributed by atoms with Crippen molar-refractivity contribution >= 4 is 28.2 Å². The van der Waals surface area contributed by atoms with Crippen molar-refractivity contribution in [2.45, 2.75) is 31.8 Å². The van der Waals surface area contributed by atoms with Gasteiger partial charge in [0.05, 0.1) is 22.9 Å². The molecule has 1 amide bonds. The summed E-state index contributed by atoms with van der Waals surface area (Å²) in [5.74, 6) is -0.322. The number of amides is 1. The van der Waals surface area contributed by atoms with Crippen molar-refractivity contribution in [3.8, 4) is 0 Å². The number of likely N-dealkylation sites (tertiary alicyclic amines) is 1. The third-order valence-corrected chi connectivity index (χ3v) is 6.65. The van der Waals surface area contributed by atoms with E-state index in [2.05, 4.69) is 32.8 Å². The summed E-state index contributed by atoms with van der Waals surface area (Å²) < 4.78 is 14.3. The second kappa shape index (κ2) is 9.27. The quantitative estimate of drug-likeness (QED) is 0.379. The van der Waals surface area contributed by atoms with Crippen LogP contribution >= 0.6 is 0 Å². The SMILES string of the molecule is Cc1cccc(F)c1Nc1ccc2c(C3CC(NC(=O)c4ccccc4)CCN3C)[nH]nc2c1. The summed E-state index contributed by atoms with van der Waals surface area (Å²) in [5.41, 5.74) is 4.62. The Morgan fingerprint density at radius 3 is 2.74 bits per heavy atom. The molecule has 1 aromatic heterocycles. The minimum Gasteiger partial charge on any atom is -0.353 e. The number of anilines is 2. The van der Waals surface area contributed by atoms with Crippen molar-refractivity contribution in [3.05, 3.63) is 89.4 Å². The molecule has 3 N–H and O–H groups in total. The number of piperidine rings is 1. The highest BCUT2D eigenvalue weighted by Crippen LogP contribution is 2.34. The second-order valence-corrected chi connectivity index (χ2v) is 8.98. The van der Waals surface area contributed by atoms with Crippen LogP contribution in [0, 0.1) is 12.7 Å². The Labute approximate surface area is 198 Å². The average molecular weight is 458 g/mol. The van der Waals surface area contributed by atoms with Gasteiger partial charge in [-0.25, -0.2) is 4.39 Å². The number of hydrogen-bond acceptors (Lipinski definition) is 4. The normalized spacial score (nSPS) is 18.7. The van der Waals surface area contributed by atoms with Gasteiger partial charge >= 0.3 is 0 Å². The molecule has 0 saturated carbocycles. The summed E-state index contributed by atoms with van der Waals surface area (Å²) >= 11 is 0. The molecule has 4 aromatic rings. The predicted octanol–water partition coefficient (Wildman–Crippen LogP) is 5.32. The average Bonchev–Trinajstić information content (AvgIpc) is 3.26. The van der Waals surface area contributed by atoms with E-state index in [1.165, 1.54) is 6.07 Å². The summed E-state index contributed by atoms with van der Waals surface area (Å²) in [5, 5.41) is 15.2. The number of H-pyrrole nitrogens is 1. The fourth-order valence-corrected chi connectivity index (χ4v) is 4.71. The molecule has 0 radical (unpaired) electrons. The Hall–Kier alpha value is -3.71. The molecule has 1 aliphatic rings. The van der Waals surface area contributed by atoms with Gasteiger partial charge in [-0.1, -0.05) is 30.3 Å². The summed E-state index contributed by atoms with van der Waals surface area (Å²) in [7, 11) is 2.10. The monoisotopic (exact) mass is 457 g/mol. The Bertz CT molecular complexity index is 1300. The molecule has 1 aliphatic heterocycles. The van der Waals surface area contributed by atoms with E-state index in [-0.39, 0.29) is 23.8 Å². The summed E-state index contributed by atoms with van der Waals surface area (Å²) in [6.45, 7) is 2.75. The van der Waals surface area contributed by atoms with E-state index in [0.717, 1.165) is 47.2 Å². The van der Waals surface area contributed by atoms with Gasteiger partial charge in [-0.2, -0.15) is 5.10 Å². The number of benzene rings is 3. The number of aromatic amines is 1. The molecule has 1 saturated heterocycles. The fraction of sp³-hybridized carbons (Fsp3) is 0.259. The summed E-state index contributed by atoms with van der Waals surface area (Å²) in [6, 6.07) is 20.4. The first-order valence-electron chi connectivity index (χ1n) is 11.6. The largest absolute Gasteiger partial charge is 0.353 e. The number of hydrogen-bond donors (Lipinski definition) is 3. The third kappa shape index (κ3) is 4.39. The van der Waals surface area contributed by atoms with Crippen molar-refractivity contribution in [1.82, 2.24) is 20.4 Å². The topological polar surface area (TPSA) is 73.0 Å². The van der Waals surface area contributed by atoms with Crippen LogP contribution in [0.5, 0.6) is 0 Å². The maximum atomic E-state index is 14.3. The number of halogens is 1. The van der Waals surface area contributed by atoms with Crippen LogP contribution in [0.2, 0.25) is 0 Å². The van der Waals surface area contributed by atoms with E-state index in [4.69, 9.17) is 0 Å². The molecule has 7 heteroatoms. The standard InChI is InChI=1S/C27H28FN5O/c1-17-7-6-10-22(28)25(17)29-19-11-12-21-23(15-19)31-32-26(21)24-16-20(13-14-33(24)2)30-27(34)18-8-4-3-5-9-18/h3-12,15,20,24,29H,13-14,16H2,1-2H3,(H,30,34)(H,31,32). The maximum Gasteiger partial charge on any atom is 0.251 e. The molecule has 0 spiro atoms. The van der Waals surface area contributed by atoms with Crippen molar-refractivity contribution < 1.29 is 9.18 Å². The van der Waals surface area contributed by atoms with E-state index in [9.17, 15) is 9.18 Å². The minimum absolute atomic E-state index is 0.0393. The zero-order valence-corrected chi connectivity index (χ0v) is 19.3. The zero-order chi connectivity index (χ0) is 23.7. The van der Waals surface area contributed by atoms with Gasteiger partial charge in [-0.3, -0.25) is 14.8 Å². The number of rotatable bonds is 5. The number of nitrogens with zero attached hydrogens (tertiary/aromatic N) is 2. The van der Waals surface area contributed by atoms with E-state index < -0.39 is 0 Å². The lowest BCUT2D eigenvalue weighted by atomic mass is 9.93. The Kier molecular flexibility index (Phi) is 6.02. The van der Waals surface area contributed by atoms with Crippen LogP contribution in [0.1, 0.15) is 40.5 Å². The van der Waals surface area contributed by atoms with Gasteiger partial charge in [0.15, 0.2) is 0 Å². The van der Waals surface area contributed by atoms with Crippen LogP contribution in [0.15, 0.2) is 66.7 Å². The van der Waals surface area contributed by atoms with Gasteiger partial charge in [0.2, 0.25) is 0 Å². The van der Waals surface area contributed by atoms with Gasteiger partial charge in [-0.05, 0) is 68.8 Å². The first-order chi connectivity index (χ1) is 16.5. The fourth-order valence-electron chi connectivity index (χ4n) is 4.71. The van der Waals surface area contributed by atoms with Gasteiger partial charge in [0.1, 0.15) is 5.82 Å². The minimum atomic E-state index is -0.282. The van der Waals surface area contributed by atoms with Crippen molar-refractivity contribution in [2.75, 3.05) is 18.9 Å². The van der Waals surface area contributed by atoms with Crippen LogP contribution in [-0.2, 0) is 0 Å². The van der Waals surface area contributed by atoms with Crippen molar-refractivity contribution in [3.63, 3.8) is 0 Å². The Morgan fingerprint density at radius 2 is 1.94 bits per heavy atom. The van der Waals surface area contributed by atoms with E-state index >= 15 is 0 Å². The molecule has 0 bridgehead atoms. The number of carbonyl (C=O) groups excluding carboxylic acids is 1. The highest BCUT2D eigenvalue weighted by atomic mass is 19.1. The third-order valence-electron chi connectivity index (χ3n) is 6.65.